The molecule has 0 aliphatic carbocycles. The number of rotatable bonds is 9. The molecule has 198 valence electrons. The highest BCUT2D eigenvalue weighted by atomic mass is 14.3. The molecule has 0 amide bonds. The van der Waals surface area contributed by atoms with E-state index in [9.17, 15) is 0 Å². The Balaban J connectivity index is 1.91. The standard InChI is InChI=1S/C38H46/c1-25(2)29-9-17-33(18-10-29)37(34-19-11-30(12-20-34)26(3)4)38(35-21-13-31(14-22-35)27(5)6)36-23-15-32(16-24-36)28(7)8/h9-28,37-38H,1-8H3. The Labute approximate surface area is 232 Å². The summed E-state index contributed by atoms with van der Waals surface area (Å²) in [6.07, 6.45) is 0. The first kappa shape index (κ1) is 27.9. The van der Waals surface area contributed by atoms with E-state index in [-0.39, 0.29) is 11.8 Å². The van der Waals surface area contributed by atoms with Crippen molar-refractivity contribution in [1.29, 1.82) is 0 Å². The van der Waals surface area contributed by atoms with Crippen molar-refractivity contribution in [3.63, 3.8) is 0 Å². The van der Waals surface area contributed by atoms with E-state index in [4.69, 9.17) is 0 Å². The summed E-state index contributed by atoms with van der Waals surface area (Å²) in [6.45, 7) is 18.2. The molecular weight excluding hydrogens is 456 g/mol. The average Bonchev–Trinajstić information content (AvgIpc) is 2.92. The van der Waals surface area contributed by atoms with Crippen LogP contribution in [-0.4, -0.2) is 0 Å². The van der Waals surface area contributed by atoms with Crippen molar-refractivity contribution >= 4 is 0 Å². The molecule has 4 aromatic rings. The Morgan fingerprint density at radius 2 is 0.368 bits per heavy atom. The smallest absolute Gasteiger partial charge is 0.0199 e. The highest BCUT2D eigenvalue weighted by Gasteiger charge is 2.29. The minimum atomic E-state index is 0.215. The van der Waals surface area contributed by atoms with E-state index in [0.717, 1.165) is 0 Å². The van der Waals surface area contributed by atoms with Crippen molar-refractivity contribution < 1.29 is 0 Å². The fourth-order valence-corrected chi connectivity index (χ4v) is 5.51. The van der Waals surface area contributed by atoms with Gasteiger partial charge in [0.05, 0.1) is 0 Å². The van der Waals surface area contributed by atoms with Crippen LogP contribution in [0.25, 0.3) is 0 Å². The summed E-state index contributed by atoms with van der Waals surface area (Å²) in [7, 11) is 0. The van der Waals surface area contributed by atoms with Gasteiger partial charge in [0.2, 0.25) is 0 Å². The van der Waals surface area contributed by atoms with Crippen LogP contribution in [0.2, 0.25) is 0 Å². The molecule has 0 fully saturated rings. The number of hydrogen-bond acceptors (Lipinski definition) is 0. The van der Waals surface area contributed by atoms with Gasteiger partial charge < -0.3 is 0 Å². The van der Waals surface area contributed by atoms with Gasteiger partial charge in [0.1, 0.15) is 0 Å². The molecule has 0 radical (unpaired) electrons. The average molecular weight is 503 g/mol. The summed E-state index contributed by atoms with van der Waals surface area (Å²) in [4.78, 5) is 0. The van der Waals surface area contributed by atoms with Crippen molar-refractivity contribution in [3.05, 3.63) is 142 Å². The number of hydrogen-bond donors (Lipinski definition) is 0. The fraction of sp³-hybridized carbons (Fsp3) is 0.368. The Morgan fingerprint density at radius 1 is 0.237 bits per heavy atom. The second kappa shape index (κ2) is 12.2. The van der Waals surface area contributed by atoms with Crippen LogP contribution in [0.15, 0.2) is 97.1 Å². The lowest BCUT2D eigenvalue weighted by Crippen LogP contribution is -2.15. The Hall–Kier alpha value is -3.12. The quantitative estimate of drug-likeness (QED) is 0.213. The normalized spacial score (nSPS) is 12.1. The predicted octanol–water partition coefficient (Wildman–Crippen LogP) is 11.1. The molecule has 0 heterocycles. The first-order valence-electron chi connectivity index (χ1n) is 14.5. The maximum atomic E-state index is 2.37. The van der Waals surface area contributed by atoms with E-state index in [1.165, 1.54) is 44.5 Å². The van der Waals surface area contributed by atoms with Crippen LogP contribution >= 0.6 is 0 Å². The maximum Gasteiger partial charge on any atom is 0.0199 e. The summed E-state index contributed by atoms with van der Waals surface area (Å²) in [5.74, 6) is 2.53. The topological polar surface area (TPSA) is 0 Å². The van der Waals surface area contributed by atoms with Crippen molar-refractivity contribution in [2.24, 2.45) is 0 Å². The largest absolute Gasteiger partial charge is 0.0587 e. The zero-order chi connectivity index (χ0) is 27.4. The minimum absolute atomic E-state index is 0.215. The van der Waals surface area contributed by atoms with Crippen molar-refractivity contribution in [2.45, 2.75) is 90.9 Å². The summed E-state index contributed by atoms with van der Waals surface area (Å²) in [6, 6.07) is 37.6. The van der Waals surface area contributed by atoms with Gasteiger partial charge in [-0.3, -0.25) is 0 Å². The SMILES string of the molecule is CC(C)c1ccc(C(c2ccc(C(C)C)cc2)C(c2ccc(C(C)C)cc2)c2ccc(C(C)C)cc2)cc1. The zero-order valence-corrected chi connectivity index (χ0v) is 24.7. The van der Waals surface area contributed by atoms with E-state index in [1.807, 2.05) is 0 Å². The first-order chi connectivity index (χ1) is 18.2. The van der Waals surface area contributed by atoms with Crippen LogP contribution in [0.3, 0.4) is 0 Å². The molecule has 0 N–H and O–H groups in total. The lowest BCUT2D eigenvalue weighted by Gasteiger charge is -2.30. The van der Waals surface area contributed by atoms with E-state index in [1.54, 1.807) is 0 Å². The summed E-state index contributed by atoms with van der Waals surface area (Å²) in [5, 5.41) is 0. The lowest BCUT2D eigenvalue weighted by molar-refractivity contribution is 0.690. The molecule has 0 saturated heterocycles. The zero-order valence-electron chi connectivity index (χ0n) is 24.7. The molecule has 0 atom stereocenters. The molecule has 38 heavy (non-hydrogen) atoms. The maximum absolute atomic E-state index is 2.37. The molecule has 4 rings (SSSR count). The highest BCUT2D eigenvalue weighted by Crippen LogP contribution is 2.44. The van der Waals surface area contributed by atoms with Gasteiger partial charge in [-0.2, -0.15) is 0 Å². The lowest BCUT2D eigenvalue weighted by atomic mass is 9.73. The second-order valence-electron chi connectivity index (χ2n) is 12.2. The third kappa shape index (κ3) is 6.29. The summed E-state index contributed by atoms with van der Waals surface area (Å²) < 4.78 is 0. The molecule has 0 unspecified atom stereocenters. The van der Waals surface area contributed by atoms with Crippen LogP contribution in [-0.2, 0) is 0 Å². The summed E-state index contributed by atoms with van der Waals surface area (Å²) >= 11 is 0. The molecule has 0 bridgehead atoms. The minimum Gasteiger partial charge on any atom is -0.0587 e. The van der Waals surface area contributed by atoms with Crippen LogP contribution in [0, 0.1) is 0 Å². The summed E-state index contributed by atoms with van der Waals surface area (Å²) in [5.41, 5.74) is 11.1. The van der Waals surface area contributed by atoms with Crippen LogP contribution in [0.5, 0.6) is 0 Å². The fourth-order valence-electron chi connectivity index (χ4n) is 5.51. The number of benzene rings is 4. The van der Waals surface area contributed by atoms with E-state index < -0.39 is 0 Å². The van der Waals surface area contributed by atoms with Gasteiger partial charge >= 0.3 is 0 Å². The van der Waals surface area contributed by atoms with Gasteiger partial charge in [-0.1, -0.05) is 152 Å². The molecule has 0 heteroatoms. The monoisotopic (exact) mass is 502 g/mol. The first-order valence-corrected chi connectivity index (χ1v) is 14.5. The van der Waals surface area contributed by atoms with Gasteiger partial charge in [-0.25, -0.2) is 0 Å². The van der Waals surface area contributed by atoms with E-state index in [0.29, 0.717) is 23.7 Å². The molecule has 0 aliphatic rings. The van der Waals surface area contributed by atoms with Crippen molar-refractivity contribution in [3.8, 4) is 0 Å². The molecule has 0 spiro atoms. The Kier molecular flexibility index (Phi) is 8.93. The van der Waals surface area contributed by atoms with Crippen molar-refractivity contribution in [2.75, 3.05) is 0 Å². The van der Waals surface area contributed by atoms with Gasteiger partial charge in [0.15, 0.2) is 0 Å². The van der Waals surface area contributed by atoms with Crippen LogP contribution < -0.4 is 0 Å². The van der Waals surface area contributed by atoms with Gasteiger partial charge in [-0.15, -0.1) is 0 Å². The van der Waals surface area contributed by atoms with Crippen LogP contribution in [0.1, 0.15) is 135 Å². The van der Waals surface area contributed by atoms with Gasteiger partial charge in [0.25, 0.3) is 0 Å². The predicted molar refractivity (Wildman–Crippen MR) is 166 cm³/mol. The molecule has 0 nitrogen and oxygen atoms in total. The van der Waals surface area contributed by atoms with E-state index >= 15 is 0 Å². The Bertz CT molecular complexity index is 1060. The molecular formula is C38H46. The van der Waals surface area contributed by atoms with E-state index in [2.05, 4.69) is 152 Å². The molecule has 4 aromatic carbocycles. The second-order valence-corrected chi connectivity index (χ2v) is 12.2. The molecule has 0 aliphatic heterocycles. The molecule has 0 saturated carbocycles. The van der Waals surface area contributed by atoms with Gasteiger partial charge in [-0.05, 0) is 68.2 Å². The molecule has 0 aromatic heterocycles. The Morgan fingerprint density at radius 3 is 0.500 bits per heavy atom. The third-order valence-corrected chi connectivity index (χ3v) is 8.18. The van der Waals surface area contributed by atoms with Crippen LogP contribution in [0.4, 0.5) is 0 Å². The highest BCUT2D eigenvalue weighted by molar-refractivity contribution is 5.47. The van der Waals surface area contributed by atoms with Crippen molar-refractivity contribution in [1.82, 2.24) is 0 Å². The third-order valence-electron chi connectivity index (χ3n) is 8.18. The van der Waals surface area contributed by atoms with Gasteiger partial charge in [0, 0.05) is 11.8 Å².